The summed E-state index contributed by atoms with van der Waals surface area (Å²) in [5.74, 6) is 1.74. The van der Waals surface area contributed by atoms with Crippen LogP contribution in [0.25, 0.3) is 6.08 Å². The third kappa shape index (κ3) is 4.56. The highest BCUT2D eigenvalue weighted by Crippen LogP contribution is 2.25. The summed E-state index contributed by atoms with van der Waals surface area (Å²) in [5, 5.41) is 0. The molecule has 0 bridgehead atoms. The first-order valence-corrected chi connectivity index (χ1v) is 8.80. The molecule has 2 aromatic rings. The molecule has 1 aromatic heterocycles. The summed E-state index contributed by atoms with van der Waals surface area (Å²) in [6.07, 6.45) is 10.9. The quantitative estimate of drug-likeness (QED) is 0.781. The van der Waals surface area contributed by atoms with Crippen LogP contribution in [-0.4, -0.2) is 47.8 Å². The molecule has 24 heavy (non-hydrogen) atoms. The van der Waals surface area contributed by atoms with Crippen LogP contribution in [0.2, 0.25) is 0 Å². The predicted octanol–water partition coefficient (Wildman–Crippen LogP) is 3.42. The second-order valence-electron chi connectivity index (χ2n) is 6.38. The Balaban J connectivity index is 1.56. The van der Waals surface area contributed by atoms with Crippen molar-refractivity contribution >= 4 is 6.08 Å². The van der Waals surface area contributed by atoms with Gasteiger partial charge >= 0.3 is 0 Å². The molecule has 128 valence electrons. The molecule has 0 saturated carbocycles. The summed E-state index contributed by atoms with van der Waals surface area (Å²) in [6.45, 7) is 4.89. The first-order chi connectivity index (χ1) is 11.9. The van der Waals surface area contributed by atoms with Crippen molar-refractivity contribution in [2.75, 3.05) is 33.4 Å². The summed E-state index contributed by atoms with van der Waals surface area (Å²) in [5.41, 5.74) is 1.26. The van der Waals surface area contributed by atoms with Crippen LogP contribution in [0, 0.1) is 0 Å². The van der Waals surface area contributed by atoms with Crippen molar-refractivity contribution in [1.82, 2.24) is 14.5 Å². The Labute approximate surface area is 144 Å². The van der Waals surface area contributed by atoms with Gasteiger partial charge in [0.1, 0.15) is 5.82 Å². The van der Waals surface area contributed by atoms with Crippen molar-refractivity contribution in [2.45, 2.75) is 25.3 Å². The van der Waals surface area contributed by atoms with E-state index in [4.69, 9.17) is 4.74 Å². The topological polar surface area (TPSA) is 30.3 Å². The Bertz CT molecular complexity index is 635. The van der Waals surface area contributed by atoms with Crippen LogP contribution in [0.1, 0.15) is 30.1 Å². The molecule has 1 aliphatic heterocycles. The molecule has 0 spiro atoms. The lowest BCUT2D eigenvalue weighted by Crippen LogP contribution is -2.35. The number of hydrogen-bond donors (Lipinski definition) is 0. The number of benzene rings is 1. The van der Waals surface area contributed by atoms with Gasteiger partial charge in [0.15, 0.2) is 0 Å². The molecule has 0 amide bonds. The van der Waals surface area contributed by atoms with E-state index in [1.165, 1.54) is 30.8 Å². The zero-order valence-electron chi connectivity index (χ0n) is 14.5. The molecular formula is C20H27N3O. The summed E-state index contributed by atoms with van der Waals surface area (Å²) in [4.78, 5) is 7.15. The van der Waals surface area contributed by atoms with Crippen molar-refractivity contribution in [2.24, 2.45) is 0 Å². The van der Waals surface area contributed by atoms with Crippen LogP contribution >= 0.6 is 0 Å². The van der Waals surface area contributed by atoms with Crippen LogP contribution < -0.4 is 0 Å². The van der Waals surface area contributed by atoms with Crippen LogP contribution in [0.5, 0.6) is 0 Å². The molecule has 1 unspecified atom stereocenters. The molecule has 1 atom stereocenters. The van der Waals surface area contributed by atoms with Crippen molar-refractivity contribution < 1.29 is 4.74 Å². The van der Waals surface area contributed by atoms with E-state index in [0.717, 1.165) is 26.2 Å². The lowest BCUT2D eigenvalue weighted by molar-refractivity contribution is 0.182. The lowest BCUT2D eigenvalue weighted by atomic mass is 9.97. The van der Waals surface area contributed by atoms with E-state index in [9.17, 15) is 0 Å². The number of aromatic nitrogens is 2. The molecule has 2 heterocycles. The number of piperidine rings is 1. The van der Waals surface area contributed by atoms with Crippen molar-refractivity contribution in [1.29, 1.82) is 0 Å². The average molecular weight is 325 g/mol. The summed E-state index contributed by atoms with van der Waals surface area (Å²) < 4.78 is 7.45. The van der Waals surface area contributed by atoms with Gasteiger partial charge < -0.3 is 9.30 Å². The van der Waals surface area contributed by atoms with Crippen molar-refractivity contribution in [3.63, 3.8) is 0 Å². The molecule has 0 N–H and O–H groups in total. The number of ether oxygens (including phenoxy) is 1. The van der Waals surface area contributed by atoms with E-state index >= 15 is 0 Å². The lowest BCUT2D eigenvalue weighted by Gasteiger charge is -2.31. The third-order valence-electron chi connectivity index (χ3n) is 4.63. The molecule has 4 nitrogen and oxygen atoms in total. The van der Waals surface area contributed by atoms with Gasteiger partial charge in [0.25, 0.3) is 0 Å². The summed E-state index contributed by atoms with van der Waals surface area (Å²) in [7, 11) is 1.75. The van der Waals surface area contributed by atoms with Gasteiger partial charge in [-0.25, -0.2) is 4.98 Å². The third-order valence-corrected chi connectivity index (χ3v) is 4.63. The second kappa shape index (κ2) is 8.81. The minimum absolute atomic E-state index is 0.524. The van der Waals surface area contributed by atoms with Gasteiger partial charge in [-0.2, -0.15) is 0 Å². The van der Waals surface area contributed by atoms with Gasteiger partial charge in [-0.05, 0) is 24.9 Å². The molecule has 1 fully saturated rings. The Morgan fingerprint density at radius 3 is 3.00 bits per heavy atom. The number of nitrogens with zero attached hydrogens (tertiary/aromatic N) is 3. The minimum Gasteiger partial charge on any atom is -0.383 e. The normalized spacial score (nSPS) is 19.1. The molecule has 1 saturated heterocycles. The summed E-state index contributed by atoms with van der Waals surface area (Å²) in [6, 6.07) is 10.5. The summed E-state index contributed by atoms with van der Waals surface area (Å²) >= 11 is 0. The monoisotopic (exact) mass is 325 g/mol. The number of likely N-dealkylation sites (tertiary alicyclic amines) is 1. The van der Waals surface area contributed by atoms with E-state index in [1.807, 2.05) is 6.20 Å². The molecule has 0 aliphatic carbocycles. The van der Waals surface area contributed by atoms with Gasteiger partial charge in [-0.3, -0.25) is 4.90 Å². The predicted molar refractivity (Wildman–Crippen MR) is 98.0 cm³/mol. The maximum absolute atomic E-state index is 5.21. The zero-order chi connectivity index (χ0) is 16.6. The first-order valence-electron chi connectivity index (χ1n) is 8.80. The van der Waals surface area contributed by atoms with Crippen molar-refractivity contribution in [3.05, 3.63) is 60.2 Å². The van der Waals surface area contributed by atoms with E-state index in [0.29, 0.717) is 5.92 Å². The number of hydrogen-bond acceptors (Lipinski definition) is 3. The molecule has 1 aliphatic rings. The SMILES string of the molecule is COCCn1ccnc1C1CCCN(CC=Cc2ccccc2)C1. The molecule has 4 heteroatoms. The first kappa shape index (κ1) is 16.9. The standard InChI is InChI=1S/C20H27N3O/c1-24-16-15-23-14-11-21-20(23)19-10-6-13-22(17-19)12-5-9-18-7-3-2-4-8-18/h2-5,7-9,11,14,19H,6,10,12-13,15-17H2,1H3. The van der Waals surface area contributed by atoms with Crippen LogP contribution in [-0.2, 0) is 11.3 Å². The Morgan fingerprint density at radius 2 is 2.17 bits per heavy atom. The smallest absolute Gasteiger partial charge is 0.113 e. The van der Waals surface area contributed by atoms with E-state index in [2.05, 4.69) is 63.1 Å². The molecule has 1 aromatic carbocycles. The number of rotatable bonds is 7. The van der Waals surface area contributed by atoms with Crippen LogP contribution in [0.15, 0.2) is 48.8 Å². The van der Waals surface area contributed by atoms with Crippen molar-refractivity contribution in [3.8, 4) is 0 Å². The van der Waals surface area contributed by atoms with E-state index in [1.54, 1.807) is 7.11 Å². The Morgan fingerprint density at radius 1 is 1.29 bits per heavy atom. The van der Waals surface area contributed by atoms with Gasteiger partial charge in [0.05, 0.1) is 6.61 Å². The largest absolute Gasteiger partial charge is 0.383 e. The van der Waals surface area contributed by atoms with Gasteiger partial charge in [-0.15, -0.1) is 0 Å². The second-order valence-corrected chi connectivity index (χ2v) is 6.38. The highest BCUT2D eigenvalue weighted by molar-refractivity contribution is 5.48. The van der Waals surface area contributed by atoms with Gasteiger partial charge in [0.2, 0.25) is 0 Å². The van der Waals surface area contributed by atoms with Gasteiger partial charge in [-0.1, -0.05) is 42.5 Å². The maximum atomic E-state index is 5.21. The van der Waals surface area contributed by atoms with E-state index < -0.39 is 0 Å². The highest BCUT2D eigenvalue weighted by Gasteiger charge is 2.23. The molecule has 0 radical (unpaired) electrons. The van der Waals surface area contributed by atoms with Gasteiger partial charge in [0, 0.05) is 45.1 Å². The van der Waals surface area contributed by atoms with Crippen LogP contribution in [0.4, 0.5) is 0 Å². The average Bonchev–Trinajstić information content (AvgIpc) is 3.10. The Kier molecular flexibility index (Phi) is 6.21. The molecular weight excluding hydrogens is 298 g/mol. The van der Waals surface area contributed by atoms with Crippen LogP contribution in [0.3, 0.4) is 0 Å². The fourth-order valence-corrected chi connectivity index (χ4v) is 3.39. The molecule has 3 rings (SSSR count). The minimum atomic E-state index is 0.524. The maximum Gasteiger partial charge on any atom is 0.113 e. The Hall–Kier alpha value is -1.91. The fraction of sp³-hybridized carbons (Fsp3) is 0.450. The fourth-order valence-electron chi connectivity index (χ4n) is 3.39. The number of methoxy groups -OCH3 is 1. The zero-order valence-corrected chi connectivity index (χ0v) is 14.5. The van der Waals surface area contributed by atoms with E-state index in [-0.39, 0.29) is 0 Å². The highest BCUT2D eigenvalue weighted by atomic mass is 16.5. The number of imidazole rings is 1.